The van der Waals surface area contributed by atoms with E-state index in [1.54, 1.807) is 0 Å². The van der Waals surface area contributed by atoms with Crippen molar-refractivity contribution >= 4 is 5.97 Å². The lowest BCUT2D eigenvalue weighted by molar-refractivity contribution is -0.196. The van der Waals surface area contributed by atoms with Gasteiger partial charge in [0, 0.05) is 18.9 Å². The fourth-order valence-corrected chi connectivity index (χ4v) is 3.25. The molecule has 3 fully saturated rings. The van der Waals surface area contributed by atoms with E-state index in [1.807, 2.05) is 0 Å². The van der Waals surface area contributed by atoms with Crippen molar-refractivity contribution in [2.75, 3.05) is 20.2 Å². The molecular weight excluding hydrogens is 194 g/mol. The summed E-state index contributed by atoms with van der Waals surface area (Å²) in [6.07, 6.45) is 4.15. The minimum Gasteiger partial charge on any atom is -0.431 e. The standard InChI is InChI=1S/C11H17NO3/c1-12-5-3-8-2-4-11(6-9(8)12)14-7-10(13)15-11/h8-9H,2-7H2,1H3/t8-,9-,11?/m0/s1. The van der Waals surface area contributed by atoms with Crippen molar-refractivity contribution in [2.24, 2.45) is 5.92 Å². The molecule has 0 amide bonds. The third-order valence-corrected chi connectivity index (χ3v) is 4.13. The van der Waals surface area contributed by atoms with Crippen molar-refractivity contribution in [3.05, 3.63) is 0 Å². The van der Waals surface area contributed by atoms with Gasteiger partial charge >= 0.3 is 5.97 Å². The van der Waals surface area contributed by atoms with Gasteiger partial charge in [-0.2, -0.15) is 0 Å². The van der Waals surface area contributed by atoms with Crippen molar-refractivity contribution < 1.29 is 14.3 Å². The molecule has 3 rings (SSSR count). The van der Waals surface area contributed by atoms with E-state index in [0.717, 1.165) is 25.2 Å². The molecule has 1 unspecified atom stereocenters. The Morgan fingerprint density at radius 1 is 1.47 bits per heavy atom. The lowest BCUT2D eigenvalue weighted by atomic mass is 9.81. The van der Waals surface area contributed by atoms with Crippen LogP contribution < -0.4 is 0 Å². The van der Waals surface area contributed by atoms with Crippen molar-refractivity contribution in [1.82, 2.24) is 4.90 Å². The molecule has 15 heavy (non-hydrogen) atoms. The molecule has 2 aliphatic heterocycles. The molecule has 0 N–H and O–H groups in total. The molecule has 0 bridgehead atoms. The van der Waals surface area contributed by atoms with E-state index in [-0.39, 0.29) is 12.6 Å². The molecule has 84 valence electrons. The number of ether oxygens (including phenoxy) is 2. The van der Waals surface area contributed by atoms with Crippen LogP contribution >= 0.6 is 0 Å². The first-order valence-corrected chi connectivity index (χ1v) is 5.75. The maximum atomic E-state index is 11.1. The number of hydrogen-bond acceptors (Lipinski definition) is 4. The Kier molecular flexibility index (Phi) is 2.04. The Bertz CT molecular complexity index is 294. The smallest absolute Gasteiger partial charge is 0.334 e. The second-order valence-corrected chi connectivity index (χ2v) is 5.01. The van der Waals surface area contributed by atoms with Gasteiger partial charge in [0.15, 0.2) is 0 Å². The third kappa shape index (κ3) is 1.47. The second kappa shape index (κ2) is 3.19. The third-order valence-electron chi connectivity index (χ3n) is 4.13. The maximum Gasteiger partial charge on any atom is 0.334 e. The Balaban J connectivity index is 1.76. The minimum absolute atomic E-state index is 0.140. The topological polar surface area (TPSA) is 38.8 Å². The number of rotatable bonds is 0. The first-order chi connectivity index (χ1) is 7.19. The van der Waals surface area contributed by atoms with Crippen molar-refractivity contribution in [3.63, 3.8) is 0 Å². The molecule has 3 aliphatic rings. The lowest BCUT2D eigenvalue weighted by Crippen LogP contribution is -2.45. The lowest BCUT2D eigenvalue weighted by Gasteiger charge is -2.39. The summed E-state index contributed by atoms with van der Waals surface area (Å²) in [5, 5.41) is 0. The van der Waals surface area contributed by atoms with Crippen LogP contribution in [0.4, 0.5) is 0 Å². The van der Waals surface area contributed by atoms with E-state index < -0.39 is 5.79 Å². The number of carbonyl (C=O) groups is 1. The highest BCUT2D eigenvalue weighted by atomic mass is 16.8. The van der Waals surface area contributed by atoms with Gasteiger partial charge in [0.2, 0.25) is 5.79 Å². The average molecular weight is 211 g/mol. The second-order valence-electron chi connectivity index (χ2n) is 5.01. The normalized spacial score (nSPS) is 45.8. The summed E-state index contributed by atoms with van der Waals surface area (Å²) in [7, 11) is 2.15. The Hall–Kier alpha value is -0.610. The van der Waals surface area contributed by atoms with E-state index in [1.165, 1.54) is 13.0 Å². The fourth-order valence-electron chi connectivity index (χ4n) is 3.25. The van der Waals surface area contributed by atoms with Gasteiger partial charge in [-0.05, 0) is 32.4 Å². The van der Waals surface area contributed by atoms with Crippen LogP contribution in [0.3, 0.4) is 0 Å². The van der Waals surface area contributed by atoms with Crippen LogP contribution in [0.5, 0.6) is 0 Å². The van der Waals surface area contributed by atoms with Crippen LogP contribution in [0.2, 0.25) is 0 Å². The summed E-state index contributed by atoms with van der Waals surface area (Å²) in [5.41, 5.74) is 0. The Morgan fingerprint density at radius 2 is 2.33 bits per heavy atom. The molecule has 1 saturated carbocycles. The highest BCUT2D eigenvalue weighted by Gasteiger charge is 2.50. The molecule has 3 atom stereocenters. The number of likely N-dealkylation sites (tertiary alicyclic amines) is 1. The van der Waals surface area contributed by atoms with Crippen LogP contribution in [-0.4, -0.2) is 42.9 Å². The molecule has 4 heteroatoms. The fraction of sp³-hybridized carbons (Fsp3) is 0.909. The first-order valence-electron chi connectivity index (χ1n) is 5.75. The molecule has 0 radical (unpaired) electrons. The zero-order valence-corrected chi connectivity index (χ0v) is 9.07. The molecule has 2 saturated heterocycles. The maximum absolute atomic E-state index is 11.1. The van der Waals surface area contributed by atoms with E-state index in [9.17, 15) is 4.79 Å². The molecular formula is C11H17NO3. The number of carbonyl (C=O) groups excluding carboxylic acids is 1. The van der Waals surface area contributed by atoms with Crippen LogP contribution in [0.15, 0.2) is 0 Å². The molecule has 0 aromatic heterocycles. The zero-order chi connectivity index (χ0) is 10.5. The van der Waals surface area contributed by atoms with Crippen LogP contribution in [0.1, 0.15) is 25.7 Å². The van der Waals surface area contributed by atoms with Crippen LogP contribution in [-0.2, 0) is 14.3 Å². The van der Waals surface area contributed by atoms with Crippen molar-refractivity contribution in [2.45, 2.75) is 37.5 Å². The number of fused-ring (bicyclic) bond motifs is 1. The summed E-state index contributed by atoms with van der Waals surface area (Å²) in [5.74, 6) is 0.00857. The van der Waals surface area contributed by atoms with Crippen LogP contribution in [0.25, 0.3) is 0 Å². The van der Waals surface area contributed by atoms with E-state index in [0.29, 0.717) is 6.04 Å². The van der Waals surface area contributed by atoms with E-state index in [4.69, 9.17) is 9.47 Å². The van der Waals surface area contributed by atoms with Gasteiger partial charge < -0.3 is 14.4 Å². The summed E-state index contributed by atoms with van der Waals surface area (Å²) in [6, 6.07) is 0.546. The average Bonchev–Trinajstić information content (AvgIpc) is 2.74. The number of hydrogen-bond donors (Lipinski definition) is 0. The van der Waals surface area contributed by atoms with Gasteiger partial charge in [-0.15, -0.1) is 0 Å². The van der Waals surface area contributed by atoms with Gasteiger partial charge in [0.1, 0.15) is 6.61 Å². The van der Waals surface area contributed by atoms with Gasteiger partial charge in [-0.1, -0.05) is 0 Å². The predicted molar refractivity (Wildman–Crippen MR) is 53.2 cm³/mol. The van der Waals surface area contributed by atoms with Crippen molar-refractivity contribution in [3.8, 4) is 0 Å². The van der Waals surface area contributed by atoms with Crippen molar-refractivity contribution in [1.29, 1.82) is 0 Å². The van der Waals surface area contributed by atoms with E-state index >= 15 is 0 Å². The molecule has 1 aliphatic carbocycles. The summed E-state index contributed by atoms with van der Waals surface area (Å²) in [6.45, 7) is 1.31. The van der Waals surface area contributed by atoms with Gasteiger partial charge in [0.05, 0.1) is 0 Å². The number of esters is 1. The van der Waals surface area contributed by atoms with E-state index in [2.05, 4.69) is 11.9 Å². The first kappa shape index (κ1) is 9.60. The Morgan fingerprint density at radius 3 is 3.07 bits per heavy atom. The highest BCUT2D eigenvalue weighted by Crippen LogP contribution is 2.44. The largest absolute Gasteiger partial charge is 0.431 e. The van der Waals surface area contributed by atoms with Gasteiger partial charge in [-0.3, -0.25) is 0 Å². The quantitative estimate of drug-likeness (QED) is 0.554. The monoisotopic (exact) mass is 211 g/mol. The Labute approximate surface area is 89.5 Å². The molecule has 0 aromatic carbocycles. The predicted octanol–water partition coefficient (Wildman–Crippen LogP) is 0.760. The van der Waals surface area contributed by atoms with Gasteiger partial charge in [0.25, 0.3) is 0 Å². The van der Waals surface area contributed by atoms with Crippen LogP contribution in [0, 0.1) is 5.92 Å². The summed E-state index contributed by atoms with van der Waals surface area (Å²) < 4.78 is 10.9. The number of nitrogens with zero attached hydrogens (tertiary/aromatic N) is 1. The molecule has 4 nitrogen and oxygen atoms in total. The zero-order valence-electron chi connectivity index (χ0n) is 9.07. The van der Waals surface area contributed by atoms with Gasteiger partial charge in [-0.25, -0.2) is 4.79 Å². The highest BCUT2D eigenvalue weighted by molar-refractivity contribution is 5.72. The molecule has 1 spiro atoms. The molecule has 0 aromatic rings. The molecule has 2 heterocycles. The SMILES string of the molecule is CN1CC[C@@H]2CCC3(C[C@@H]21)OCC(=O)O3. The minimum atomic E-state index is -0.573. The summed E-state index contributed by atoms with van der Waals surface area (Å²) in [4.78, 5) is 13.5. The summed E-state index contributed by atoms with van der Waals surface area (Å²) >= 11 is 0.